The molecule has 0 saturated carbocycles. The number of alkyl halides is 1. The number of carbonyl (C=O) groups is 1. The molecule has 0 saturated heterocycles. The van der Waals surface area contributed by atoms with Crippen molar-refractivity contribution in [2.24, 2.45) is 0 Å². The highest BCUT2D eigenvalue weighted by molar-refractivity contribution is 6.30. The van der Waals surface area contributed by atoms with Gasteiger partial charge in [0.2, 0.25) is 0 Å². The average Bonchev–Trinajstić information content (AvgIpc) is 2.26. The Labute approximate surface area is 106 Å². The maximum atomic E-state index is 11.7. The molecule has 1 aromatic carbocycles. The molecule has 4 heteroatoms. The maximum absolute atomic E-state index is 11.7. The van der Waals surface area contributed by atoms with E-state index in [4.69, 9.17) is 21.6 Å². The van der Waals surface area contributed by atoms with Crippen molar-refractivity contribution in [1.82, 2.24) is 0 Å². The van der Waals surface area contributed by atoms with E-state index < -0.39 is 16.9 Å². The lowest BCUT2D eigenvalue weighted by Crippen LogP contribution is -2.26. The van der Waals surface area contributed by atoms with Crippen LogP contribution in [0.1, 0.15) is 37.3 Å². The molecule has 1 unspecified atom stereocenters. The van der Waals surface area contributed by atoms with Crippen LogP contribution in [-0.4, -0.2) is 11.6 Å². The predicted molar refractivity (Wildman–Crippen MR) is 65.6 cm³/mol. The van der Waals surface area contributed by atoms with Crippen LogP contribution in [0.5, 0.6) is 0 Å². The summed E-state index contributed by atoms with van der Waals surface area (Å²) >= 11 is 6.01. The number of nitrogens with zero attached hydrogens (tertiary/aromatic N) is 1. The maximum Gasteiger partial charge on any atom is 0.329 e. The van der Waals surface area contributed by atoms with E-state index in [0.29, 0.717) is 11.1 Å². The molecule has 0 spiro atoms. The van der Waals surface area contributed by atoms with Crippen LogP contribution in [0.15, 0.2) is 24.3 Å². The number of ether oxygens (including phenoxy) is 1. The summed E-state index contributed by atoms with van der Waals surface area (Å²) in [6.07, 6.45) is 0. The van der Waals surface area contributed by atoms with Crippen molar-refractivity contribution < 1.29 is 9.53 Å². The third kappa shape index (κ3) is 4.08. The third-order valence-corrected chi connectivity index (χ3v) is 2.35. The van der Waals surface area contributed by atoms with Crippen LogP contribution in [0, 0.1) is 11.3 Å². The van der Waals surface area contributed by atoms with Crippen LogP contribution < -0.4 is 0 Å². The highest BCUT2D eigenvalue weighted by atomic mass is 35.5. The van der Waals surface area contributed by atoms with Gasteiger partial charge in [-0.3, -0.25) is 4.79 Å². The van der Waals surface area contributed by atoms with Gasteiger partial charge in [-0.05, 0) is 38.5 Å². The van der Waals surface area contributed by atoms with E-state index in [0.717, 1.165) is 0 Å². The van der Waals surface area contributed by atoms with Crippen molar-refractivity contribution in [3.63, 3.8) is 0 Å². The summed E-state index contributed by atoms with van der Waals surface area (Å²) in [6, 6.07) is 8.62. The number of carbonyl (C=O) groups excluding carboxylic acids is 1. The van der Waals surface area contributed by atoms with Gasteiger partial charge in [0.25, 0.3) is 0 Å². The van der Waals surface area contributed by atoms with E-state index in [1.807, 2.05) is 6.07 Å². The normalized spacial score (nSPS) is 12.6. The molecule has 90 valence electrons. The van der Waals surface area contributed by atoms with Crippen LogP contribution in [-0.2, 0) is 9.53 Å². The fraction of sp³-hybridized carbons (Fsp3) is 0.385. The summed E-state index contributed by atoms with van der Waals surface area (Å²) in [7, 11) is 0. The first kappa shape index (κ1) is 13.5. The fourth-order valence-corrected chi connectivity index (χ4v) is 1.44. The molecule has 3 nitrogen and oxygen atoms in total. The van der Waals surface area contributed by atoms with Gasteiger partial charge in [-0.15, -0.1) is 11.6 Å². The van der Waals surface area contributed by atoms with Gasteiger partial charge >= 0.3 is 5.97 Å². The van der Waals surface area contributed by atoms with Gasteiger partial charge in [0.15, 0.2) is 5.38 Å². The van der Waals surface area contributed by atoms with Crippen molar-refractivity contribution >= 4 is 17.6 Å². The van der Waals surface area contributed by atoms with Gasteiger partial charge in [-0.25, -0.2) is 0 Å². The van der Waals surface area contributed by atoms with E-state index in [1.165, 1.54) is 0 Å². The molecule has 0 N–H and O–H groups in total. The summed E-state index contributed by atoms with van der Waals surface area (Å²) in [5, 5.41) is 7.87. The summed E-state index contributed by atoms with van der Waals surface area (Å²) in [5.41, 5.74) is 0.466. The zero-order chi connectivity index (χ0) is 13.1. The Morgan fingerprint density at radius 2 is 2.12 bits per heavy atom. The zero-order valence-corrected chi connectivity index (χ0v) is 10.8. The molecule has 0 aliphatic heterocycles. The molecule has 1 aromatic rings. The number of halogens is 1. The topological polar surface area (TPSA) is 50.1 Å². The SMILES string of the molecule is CC(C)(C)OC(=O)C(Cl)c1cccc(C#N)c1. The molecule has 0 fully saturated rings. The molecule has 17 heavy (non-hydrogen) atoms. The first-order chi connectivity index (χ1) is 7.83. The molecule has 0 heterocycles. The lowest BCUT2D eigenvalue weighted by Gasteiger charge is -2.21. The van der Waals surface area contributed by atoms with Crippen molar-refractivity contribution in [2.45, 2.75) is 31.7 Å². The first-order valence-corrected chi connectivity index (χ1v) is 5.64. The lowest BCUT2D eigenvalue weighted by molar-refractivity contribution is -0.154. The number of hydrogen-bond donors (Lipinski definition) is 0. The van der Waals surface area contributed by atoms with Gasteiger partial charge in [-0.2, -0.15) is 5.26 Å². The summed E-state index contributed by atoms with van der Waals surface area (Å²) < 4.78 is 5.17. The Balaban J connectivity index is 2.86. The van der Waals surface area contributed by atoms with Crippen LogP contribution in [0.25, 0.3) is 0 Å². The Bertz CT molecular complexity index is 457. The monoisotopic (exact) mass is 251 g/mol. The molecule has 0 bridgehead atoms. The number of esters is 1. The Hall–Kier alpha value is -1.53. The van der Waals surface area contributed by atoms with Crippen LogP contribution in [0.4, 0.5) is 0 Å². The smallest absolute Gasteiger partial charge is 0.329 e. The lowest BCUT2D eigenvalue weighted by atomic mass is 10.1. The minimum atomic E-state index is -0.887. The highest BCUT2D eigenvalue weighted by Gasteiger charge is 2.24. The number of hydrogen-bond acceptors (Lipinski definition) is 3. The molecule has 1 atom stereocenters. The summed E-state index contributed by atoms with van der Waals surface area (Å²) in [6.45, 7) is 5.33. The predicted octanol–water partition coefficient (Wildman–Crippen LogP) is 3.18. The third-order valence-electron chi connectivity index (χ3n) is 1.92. The van der Waals surface area contributed by atoms with Gasteiger partial charge < -0.3 is 4.74 Å². The van der Waals surface area contributed by atoms with E-state index >= 15 is 0 Å². The fourth-order valence-electron chi connectivity index (χ4n) is 1.26. The molecule has 0 amide bonds. The van der Waals surface area contributed by atoms with Crippen LogP contribution in [0.2, 0.25) is 0 Å². The summed E-state index contributed by atoms with van der Waals surface area (Å²) in [4.78, 5) is 11.7. The number of rotatable bonds is 2. The molecule has 0 aliphatic carbocycles. The van der Waals surface area contributed by atoms with E-state index in [9.17, 15) is 4.79 Å². The van der Waals surface area contributed by atoms with Crippen LogP contribution >= 0.6 is 11.6 Å². The Morgan fingerprint density at radius 1 is 1.47 bits per heavy atom. The van der Waals surface area contributed by atoms with Crippen molar-refractivity contribution in [3.8, 4) is 6.07 Å². The van der Waals surface area contributed by atoms with E-state index in [2.05, 4.69) is 0 Å². The summed E-state index contributed by atoms with van der Waals surface area (Å²) in [5.74, 6) is -0.505. The second-order valence-electron chi connectivity index (χ2n) is 4.63. The molecular weight excluding hydrogens is 238 g/mol. The van der Waals surface area contributed by atoms with Crippen LogP contribution in [0.3, 0.4) is 0 Å². The minimum Gasteiger partial charge on any atom is -0.459 e. The molecule has 0 aliphatic rings. The van der Waals surface area contributed by atoms with Gasteiger partial charge in [0.05, 0.1) is 11.6 Å². The molecule has 0 aromatic heterocycles. The molecular formula is C13H14ClNO2. The zero-order valence-electron chi connectivity index (χ0n) is 10.0. The molecule has 1 rings (SSSR count). The average molecular weight is 252 g/mol. The number of benzene rings is 1. The Kier molecular flexibility index (Phi) is 4.14. The Morgan fingerprint density at radius 3 is 2.65 bits per heavy atom. The van der Waals surface area contributed by atoms with Crippen molar-refractivity contribution in [3.05, 3.63) is 35.4 Å². The number of nitriles is 1. The van der Waals surface area contributed by atoms with Crippen molar-refractivity contribution in [2.75, 3.05) is 0 Å². The van der Waals surface area contributed by atoms with Gasteiger partial charge in [-0.1, -0.05) is 12.1 Å². The van der Waals surface area contributed by atoms with E-state index in [1.54, 1.807) is 45.0 Å². The van der Waals surface area contributed by atoms with Crippen molar-refractivity contribution in [1.29, 1.82) is 5.26 Å². The molecule has 0 radical (unpaired) electrons. The second kappa shape index (κ2) is 5.20. The van der Waals surface area contributed by atoms with Gasteiger partial charge in [0, 0.05) is 0 Å². The first-order valence-electron chi connectivity index (χ1n) is 5.20. The highest BCUT2D eigenvalue weighted by Crippen LogP contribution is 2.25. The minimum absolute atomic E-state index is 0.469. The van der Waals surface area contributed by atoms with Gasteiger partial charge in [0.1, 0.15) is 5.60 Å². The second-order valence-corrected chi connectivity index (χ2v) is 5.07. The largest absolute Gasteiger partial charge is 0.459 e. The quantitative estimate of drug-likeness (QED) is 0.599. The standard InChI is InChI=1S/C13H14ClNO2/c1-13(2,3)17-12(16)11(14)10-6-4-5-9(7-10)8-15/h4-7,11H,1-3H3. The van der Waals surface area contributed by atoms with E-state index in [-0.39, 0.29) is 0 Å².